The number of benzene rings is 1. The van der Waals surface area contributed by atoms with Crippen LogP contribution in [-0.2, 0) is 0 Å². The fraction of sp³-hybridized carbons (Fsp3) is 0.417. The number of nitrogens with zero attached hydrogens (tertiary/aromatic N) is 1. The van der Waals surface area contributed by atoms with Gasteiger partial charge in [-0.05, 0) is 18.4 Å². The number of hydrogen-bond acceptors (Lipinski definition) is 2. The van der Waals surface area contributed by atoms with Crippen LogP contribution < -0.4 is 0 Å². The molecule has 4 nitrogen and oxygen atoms in total. The number of carboxylic acid groups (broad SMARTS) is 1. The molecule has 2 N–H and O–H groups in total. The number of piperidine rings is 1. The van der Waals surface area contributed by atoms with E-state index < -0.39 is 12.2 Å². The predicted molar refractivity (Wildman–Crippen MR) is 59.2 cm³/mol. The topological polar surface area (TPSA) is 60.8 Å². The lowest BCUT2D eigenvalue weighted by Crippen LogP contribution is -2.41. The Hall–Kier alpha value is -1.55. The maximum absolute atomic E-state index is 11.1. The molecule has 0 aromatic heterocycles. The van der Waals surface area contributed by atoms with Crippen LogP contribution in [0, 0.1) is 0 Å². The largest absolute Gasteiger partial charge is 0.465 e. The van der Waals surface area contributed by atoms with Crippen molar-refractivity contribution in [1.29, 1.82) is 0 Å². The summed E-state index contributed by atoms with van der Waals surface area (Å²) in [6.07, 6.45) is -0.312. The van der Waals surface area contributed by atoms with Gasteiger partial charge in [-0.15, -0.1) is 0 Å². The van der Waals surface area contributed by atoms with E-state index in [-0.39, 0.29) is 6.04 Å². The van der Waals surface area contributed by atoms with Crippen LogP contribution in [-0.4, -0.2) is 33.9 Å². The zero-order valence-corrected chi connectivity index (χ0v) is 8.91. The van der Waals surface area contributed by atoms with Crippen LogP contribution >= 0.6 is 0 Å². The molecule has 1 aliphatic rings. The zero-order valence-electron chi connectivity index (χ0n) is 8.91. The lowest BCUT2D eigenvalue weighted by atomic mass is 9.94. The van der Waals surface area contributed by atoms with E-state index in [9.17, 15) is 9.90 Å². The van der Waals surface area contributed by atoms with Gasteiger partial charge >= 0.3 is 6.09 Å². The maximum atomic E-state index is 11.1. The van der Waals surface area contributed by atoms with Gasteiger partial charge in [0.2, 0.25) is 0 Å². The Morgan fingerprint density at radius 1 is 1.31 bits per heavy atom. The highest BCUT2D eigenvalue weighted by Gasteiger charge is 2.31. The fourth-order valence-electron chi connectivity index (χ4n) is 2.17. The molecule has 1 aliphatic heterocycles. The molecule has 2 rings (SSSR count). The minimum Gasteiger partial charge on any atom is -0.465 e. The third-order valence-electron chi connectivity index (χ3n) is 3.00. The number of aliphatic hydroxyl groups excluding tert-OH is 1. The summed E-state index contributed by atoms with van der Waals surface area (Å²) < 4.78 is 0. The van der Waals surface area contributed by atoms with E-state index in [1.165, 1.54) is 4.90 Å². The highest BCUT2D eigenvalue weighted by atomic mass is 16.4. The van der Waals surface area contributed by atoms with Gasteiger partial charge in [0, 0.05) is 6.54 Å². The third-order valence-corrected chi connectivity index (χ3v) is 3.00. The Morgan fingerprint density at radius 3 is 2.62 bits per heavy atom. The summed E-state index contributed by atoms with van der Waals surface area (Å²) in [4.78, 5) is 12.5. The highest BCUT2D eigenvalue weighted by Crippen LogP contribution is 2.30. The second kappa shape index (κ2) is 4.53. The molecule has 0 spiro atoms. The zero-order chi connectivity index (χ0) is 11.5. The summed E-state index contributed by atoms with van der Waals surface area (Å²) >= 11 is 0. The number of amides is 1. The lowest BCUT2D eigenvalue weighted by molar-refractivity contribution is 0.0424. The highest BCUT2D eigenvalue weighted by molar-refractivity contribution is 5.66. The van der Waals surface area contributed by atoms with Crippen LogP contribution in [0.25, 0.3) is 0 Å². The first-order chi connectivity index (χ1) is 7.68. The minimum absolute atomic E-state index is 0.220. The third kappa shape index (κ3) is 2.17. The summed E-state index contributed by atoms with van der Waals surface area (Å²) in [5.41, 5.74) is 0.948. The van der Waals surface area contributed by atoms with Crippen LogP contribution in [0.3, 0.4) is 0 Å². The molecule has 1 aromatic carbocycles. The molecule has 1 heterocycles. The van der Waals surface area contributed by atoms with Crippen molar-refractivity contribution in [2.24, 2.45) is 0 Å². The second-order valence-electron chi connectivity index (χ2n) is 4.08. The minimum atomic E-state index is -0.916. The Morgan fingerprint density at radius 2 is 2.00 bits per heavy atom. The Balaban J connectivity index is 2.24. The fourth-order valence-corrected chi connectivity index (χ4v) is 2.17. The predicted octanol–water partition coefficient (Wildman–Crippen LogP) is 1.86. The molecule has 16 heavy (non-hydrogen) atoms. The number of carbonyl (C=O) groups is 1. The van der Waals surface area contributed by atoms with E-state index in [2.05, 4.69) is 0 Å². The van der Waals surface area contributed by atoms with Crippen molar-refractivity contribution in [2.45, 2.75) is 25.0 Å². The summed E-state index contributed by atoms with van der Waals surface area (Å²) in [5, 5.41) is 18.7. The quantitative estimate of drug-likeness (QED) is 0.761. The molecule has 1 fully saturated rings. The van der Waals surface area contributed by atoms with E-state index in [1.807, 2.05) is 30.3 Å². The summed E-state index contributed by atoms with van der Waals surface area (Å²) in [5.74, 6) is 0. The molecule has 2 atom stereocenters. The second-order valence-corrected chi connectivity index (χ2v) is 4.08. The molecule has 1 amide bonds. The van der Waals surface area contributed by atoms with Gasteiger partial charge in [0.25, 0.3) is 0 Å². The summed E-state index contributed by atoms with van der Waals surface area (Å²) in [6.45, 7) is 0.399. The van der Waals surface area contributed by atoms with E-state index >= 15 is 0 Å². The maximum Gasteiger partial charge on any atom is 0.407 e. The van der Waals surface area contributed by atoms with Gasteiger partial charge < -0.3 is 15.1 Å². The number of rotatable bonds is 1. The van der Waals surface area contributed by atoms with Crippen molar-refractivity contribution in [1.82, 2.24) is 4.90 Å². The molecule has 0 saturated carbocycles. The summed E-state index contributed by atoms with van der Waals surface area (Å²) in [7, 11) is 0. The average Bonchev–Trinajstić information content (AvgIpc) is 2.29. The van der Waals surface area contributed by atoms with E-state index in [1.54, 1.807) is 0 Å². The molecule has 2 unspecified atom stereocenters. The van der Waals surface area contributed by atoms with Crippen molar-refractivity contribution in [3.8, 4) is 0 Å². The van der Waals surface area contributed by atoms with E-state index in [0.29, 0.717) is 19.4 Å². The van der Waals surface area contributed by atoms with Gasteiger partial charge in [0.1, 0.15) is 0 Å². The Bertz CT molecular complexity index is 366. The molecule has 1 saturated heterocycles. The van der Waals surface area contributed by atoms with Crippen LogP contribution in [0.1, 0.15) is 24.4 Å². The molecular weight excluding hydrogens is 206 g/mol. The SMILES string of the molecule is O=C(O)N1CCC(O)CC1c1ccccc1. The van der Waals surface area contributed by atoms with Gasteiger partial charge in [-0.2, -0.15) is 0 Å². The average molecular weight is 221 g/mol. The summed E-state index contributed by atoms with van der Waals surface area (Å²) in [6, 6.07) is 9.25. The molecule has 4 heteroatoms. The van der Waals surface area contributed by atoms with Gasteiger partial charge in [-0.1, -0.05) is 30.3 Å². The monoisotopic (exact) mass is 221 g/mol. The van der Waals surface area contributed by atoms with Crippen molar-refractivity contribution in [3.63, 3.8) is 0 Å². The van der Waals surface area contributed by atoms with Crippen LogP contribution in [0.4, 0.5) is 4.79 Å². The first kappa shape index (κ1) is 11.0. The van der Waals surface area contributed by atoms with Gasteiger partial charge in [0.15, 0.2) is 0 Å². The van der Waals surface area contributed by atoms with Crippen molar-refractivity contribution >= 4 is 6.09 Å². The van der Waals surface area contributed by atoms with Crippen LogP contribution in [0.15, 0.2) is 30.3 Å². The van der Waals surface area contributed by atoms with Gasteiger partial charge in [0.05, 0.1) is 12.1 Å². The first-order valence-corrected chi connectivity index (χ1v) is 5.41. The molecule has 0 aliphatic carbocycles. The lowest BCUT2D eigenvalue weighted by Gasteiger charge is -2.36. The van der Waals surface area contributed by atoms with Crippen LogP contribution in [0.2, 0.25) is 0 Å². The Kier molecular flexibility index (Phi) is 3.10. The number of likely N-dealkylation sites (tertiary alicyclic amines) is 1. The van der Waals surface area contributed by atoms with Gasteiger partial charge in [-0.3, -0.25) is 0 Å². The van der Waals surface area contributed by atoms with Crippen LogP contribution in [0.5, 0.6) is 0 Å². The van der Waals surface area contributed by atoms with E-state index in [4.69, 9.17) is 5.11 Å². The van der Waals surface area contributed by atoms with Gasteiger partial charge in [-0.25, -0.2) is 4.79 Å². The molecule has 1 aromatic rings. The smallest absolute Gasteiger partial charge is 0.407 e. The van der Waals surface area contributed by atoms with Crippen molar-refractivity contribution in [2.75, 3.05) is 6.54 Å². The normalized spacial score (nSPS) is 25.4. The number of hydrogen-bond donors (Lipinski definition) is 2. The van der Waals surface area contributed by atoms with Crippen molar-refractivity contribution in [3.05, 3.63) is 35.9 Å². The number of aliphatic hydroxyl groups is 1. The molecule has 86 valence electrons. The Labute approximate surface area is 94.1 Å². The molecule has 0 radical (unpaired) electrons. The molecular formula is C12H15NO3. The van der Waals surface area contributed by atoms with E-state index in [0.717, 1.165) is 5.56 Å². The standard InChI is InChI=1S/C12H15NO3/c14-10-6-7-13(12(15)16)11(8-10)9-4-2-1-3-5-9/h1-5,10-11,14H,6-8H2,(H,15,16). The van der Waals surface area contributed by atoms with Crippen molar-refractivity contribution < 1.29 is 15.0 Å². The first-order valence-electron chi connectivity index (χ1n) is 5.41. The molecule has 0 bridgehead atoms.